The highest BCUT2D eigenvalue weighted by atomic mass is 16.2. The van der Waals surface area contributed by atoms with Gasteiger partial charge in [0.1, 0.15) is 12.1 Å². The van der Waals surface area contributed by atoms with Gasteiger partial charge in [0, 0.05) is 42.8 Å². The van der Waals surface area contributed by atoms with Crippen molar-refractivity contribution in [3.05, 3.63) is 85.5 Å². The predicted octanol–water partition coefficient (Wildman–Crippen LogP) is 3.40. The third-order valence-electron chi connectivity index (χ3n) is 5.22. The number of benzene rings is 2. The largest absolute Gasteiger partial charge is 0.355 e. The second kappa shape index (κ2) is 7.79. The van der Waals surface area contributed by atoms with Crippen molar-refractivity contribution in [2.75, 3.05) is 23.3 Å². The number of para-hydroxylation sites is 1. The quantitative estimate of drug-likeness (QED) is 0.560. The third kappa shape index (κ3) is 3.53. The first kappa shape index (κ1) is 18.1. The zero-order chi connectivity index (χ0) is 20.3. The molecule has 2 aromatic carbocycles. The first-order chi connectivity index (χ1) is 14.8. The molecule has 0 unspecified atom stereocenters. The molecule has 1 amide bonds. The highest BCUT2D eigenvalue weighted by Crippen LogP contribution is 2.29. The normalized spacial score (nSPS) is 13.7. The molecule has 0 spiro atoms. The Labute approximate surface area is 174 Å². The predicted molar refractivity (Wildman–Crippen MR) is 115 cm³/mol. The van der Waals surface area contributed by atoms with Crippen molar-refractivity contribution in [3.63, 3.8) is 0 Å². The summed E-state index contributed by atoms with van der Waals surface area (Å²) in [6.45, 7) is 1.24. The monoisotopic (exact) mass is 396 g/mol. The second-order valence-corrected chi connectivity index (χ2v) is 7.19. The van der Waals surface area contributed by atoms with Crippen molar-refractivity contribution in [3.8, 4) is 16.9 Å². The summed E-state index contributed by atoms with van der Waals surface area (Å²) in [5.74, 6) is 1.44. The van der Waals surface area contributed by atoms with Crippen molar-refractivity contribution in [1.29, 1.82) is 0 Å². The van der Waals surface area contributed by atoms with Crippen molar-refractivity contribution in [1.82, 2.24) is 19.7 Å². The molecule has 0 saturated carbocycles. The Hall–Kier alpha value is -4.00. The molecule has 0 atom stereocenters. The molecule has 1 saturated heterocycles. The van der Waals surface area contributed by atoms with E-state index in [4.69, 9.17) is 0 Å². The third-order valence-corrected chi connectivity index (χ3v) is 5.22. The van der Waals surface area contributed by atoms with Gasteiger partial charge in [-0.3, -0.25) is 4.79 Å². The summed E-state index contributed by atoms with van der Waals surface area (Å²) < 4.78 is 1.69. The van der Waals surface area contributed by atoms with Gasteiger partial charge in [0.25, 0.3) is 0 Å². The molecule has 5 rings (SSSR count). The van der Waals surface area contributed by atoms with Crippen LogP contribution in [0.5, 0.6) is 0 Å². The SMILES string of the molecule is O=C(Nc1ccccc1-c1ccccc1)C1CN(c2cc(-n3cccn3)ncn2)C1. The van der Waals surface area contributed by atoms with Crippen molar-refractivity contribution >= 4 is 17.4 Å². The first-order valence-electron chi connectivity index (χ1n) is 9.80. The molecule has 7 nitrogen and oxygen atoms in total. The Morgan fingerprint density at radius 3 is 2.50 bits per heavy atom. The standard InChI is InChI=1S/C23H20N6O/c30-23(27-20-10-5-4-9-19(20)17-7-2-1-3-8-17)18-14-28(15-18)21-13-22(25-16-24-21)29-12-6-11-26-29/h1-13,16,18H,14-15H2,(H,27,30). The van der Waals surface area contributed by atoms with Gasteiger partial charge in [-0.2, -0.15) is 5.10 Å². The van der Waals surface area contributed by atoms with E-state index in [1.807, 2.05) is 72.9 Å². The van der Waals surface area contributed by atoms with Crippen molar-refractivity contribution in [2.24, 2.45) is 5.92 Å². The number of aromatic nitrogens is 4. The van der Waals surface area contributed by atoms with E-state index in [0.717, 1.165) is 22.6 Å². The molecule has 0 radical (unpaired) electrons. The smallest absolute Gasteiger partial charge is 0.231 e. The molecule has 0 aliphatic carbocycles. The van der Waals surface area contributed by atoms with Crippen LogP contribution in [-0.4, -0.2) is 38.7 Å². The highest BCUT2D eigenvalue weighted by molar-refractivity contribution is 5.98. The fraction of sp³-hybridized carbons (Fsp3) is 0.130. The second-order valence-electron chi connectivity index (χ2n) is 7.19. The van der Waals surface area contributed by atoms with Gasteiger partial charge in [-0.05, 0) is 17.7 Å². The molecule has 1 fully saturated rings. The molecule has 4 aromatic rings. The van der Waals surface area contributed by atoms with Crippen LogP contribution in [0.3, 0.4) is 0 Å². The van der Waals surface area contributed by atoms with Gasteiger partial charge in [0.05, 0.1) is 5.92 Å². The maximum Gasteiger partial charge on any atom is 0.231 e. The number of anilines is 2. The Morgan fingerprint density at radius 2 is 1.70 bits per heavy atom. The minimum absolute atomic E-state index is 0.0241. The number of hydrogen-bond acceptors (Lipinski definition) is 5. The molecule has 7 heteroatoms. The van der Waals surface area contributed by atoms with E-state index in [0.29, 0.717) is 18.9 Å². The molecule has 3 heterocycles. The number of amides is 1. The van der Waals surface area contributed by atoms with Gasteiger partial charge in [-0.1, -0.05) is 48.5 Å². The Balaban J connectivity index is 1.26. The van der Waals surface area contributed by atoms with Crippen LogP contribution in [0.15, 0.2) is 85.5 Å². The topological polar surface area (TPSA) is 75.9 Å². The first-order valence-corrected chi connectivity index (χ1v) is 9.80. The lowest BCUT2D eigenvalue weighted by molar-refractivity contribution is -0.120. The van der Waals surface area contributed by atoms with Gasteiger partial charge >= 0.3 is 0 Å². The molecule has 1 N–H and O–H groups in total. The summed E-state index contributed by atoms with van der Waals surface area (Å²) >= 11 is 0. The van der Waals surface area contributed by atoms with E-state index in [2.05, 4.69) is 25.3 Å². The molecule has 0 bridgehead atoms. The van der Waals surface area contributed by atoms with E-state index in [1.165, 1.54) is 6.33 Å². The van der Waals surface area contributed by atoms with Crippen LogP contribution in [-0.2, 0) is 4.79 Å². The number of carbonyl (C=O) groups excluding carboxylic acids is 1. The van der Waals surface area contributed by atoms with Gasteiger partial charge in [0.15, 0.2) is 5.82 Å². The summed E-state index contributed by atoms with van der Waals surface area (Å²) in [6, 6.07) is 21.7. The van der Waals surface area contributed by atoms with Crippen molar-refractivity contribution < 1.29 is 4.79 Å². The zero-order valence-electron chi connectivity index (χ0n) is 16.2. The van der Waals surface area contributed by atoms with Gasteiger partial charge < -0.3 is 10.2 Å². The van der Waals surface area contributed by atoms with E-state index >= 15 is 0 Å². The van der Waals surface area contributed by atoms with E-state index in [1.54, 1.807) is 10.9 Å². The summed E-state index contributed by atoms with van der Waals surface area (Å²) in [5.41, 5.74) is 2.92. The number of hydrogen-bond donors (Lipinski definition) is 1. The molecule has 148 valence electrons. The summed E-state index contributed by atoms with van der Waals surface area (Å²) in [5, 5.41) is 7.30. The van der Waals surface area contributed by atoms with E-state index in [-0.39, 0.29) is 11.8 Å². The fourth-order valence-electron chi connectivity index (χ4n) is 3.57. The number of nitrogens with one attached hydrogen (secondary N) is 1. The Bertz CT molecular complexity index is 1150. The number of carbonyl (C=O) groups is 1. The maximum absolute atomic E-state index is 12.8. The minimum atomic E-state index is -0.0862. The lowest BCUT2D eigenvalue weighted by atomic mass is 9.98. The van der Waals surface area contributed by atoms with Crippen molar-refractivity contribution in [2.45, 2.75) is 0 Å². The molecular formula is C23H20N6O. The lowest BCUT2D eigenvalue weighted by Gasteiger charge is -2.39. The Kier molecular flexibility index (Phi) is 4.69. The Morgan fingerprint density at radius 1 is 0.933 bits per heavy atom. The van der Waals surface area contributed by atoms with Crippen LogP contribution in [0.4, 0.5) is 11.5 Å². The zero-order valence-corrected chi connectivity index (χ0v) is 16.2. The lowest BCUT2D eigenvalue weighted by Crippen LogP contribution is -2.52. The van der Waals surface area contributed by atoms with Crippen LogP contribution in [0.25, 0.3) is 16.9 Å². The molecule has 2 aromatic heterocycles. The fourth-order valence-corrected chi connectivity index (χ4v) is 3.57. The molecule has 1 aliphatic rings. The van der Waals surface area contributed by atoms with E-state index < -0.39 is 0 Å². The molecular weight excluding hydrogens is 376 g/mol. The molecule has 30 heavy (non-hydrogen) atoms. The highest BCUT2D eigenvalue weighted by Gasteiger charge is 2.34. The van der Waals surface area contributed by atoms with Crippen LogP contribution in [0.2, 0.25) is 0 Å². The van der Waals surface area contributed by atoms with Crippen LogP contribution in [0, 0.1) is 5.92 Å². The van der Waals surface area contributed by atoms with Crippen LogP contribution < -0.4 is 10.2 Å². The van der Waals surface area contributed by atoms with Crippen LogP contribution >= 0.6 is 0 Å². The summed E-state index contributed by atoms with van der Waals surface area (Å²) in [4.78, 5) is 23.5. The van der Waals surface area contributed by atoms with Gasteiger partial charge in [-0.25, -0.2) is 14.6 Å². The summed E-state index contributed by atoms with van der Waals surface area (Å²) in [7, 11) is 0. The average Bonchev–Trinajstić information content (AvgIpc) is 3.29. The van der Waals surface area contributed by atoms with Crippen LogP contribution in [0.1, 0.15) is 0 Å². The maximum atomic E-state index is 12.8. The van der Waals surface area contributed by atoms with Gasteiger partial charge in [0.2, 0.25) is 5.91 Å². The number of rotatable bonds is 5. The summed E-state index contributed by atoms with van der Waals surface area (Å²) in [6.07, 6.45) is 5.07. The molecule has 1 aliphatic heterocycles. The number of nitrogens with zero attached hydrogens (tertiary/aromatic N) is 5. The minimum Gasteiger partial charge on any atom is -0.355 e. The van der Waals surface area contributed by atoms with Gasteiger partial charge in [-0.15, -0.1) is 0 Å². The van der Waals surface area contributed by atoms with E-state index in [9.17, 15) is 4.79 Å². The average molecular weight is 396 g/mol.